The van der Waals surface area contributed by atoms with Gasteiger partial charge in [-0.1, -0.05) is 34.9 Å². The van der Waals surface area contributed by atoms with Gasteiger partial charge in [-0.05, 0) is 20.8 Å². The van der Waals surface area contributed by atoms with Crippen molar-refractivity contribution in [2.75, 3.05) is 7.11 Å². The molecule has 0 bridgehead atoms. The molecule has 0 fully saturated rings. The second kappa shape index (κ2) is 4.91. The Hall–Kier alpha value is -0.820. The van der Waals surface area contributed by atoms with E-state index >= 15 is 0 Å². The Kier molecular flexibility index (Phi) is 4.55. The number of aryl methyl sites for hydroxylation is 3. The molecular weight excluding hydrogens is 136 g/mol. The maximum absolute atomic E-state index is 7.00. The van der Waals surface area contributed by atoms with Crippen molar-refractivity contribution in [2.24, 2.45) is 0 Å². The van der Waals surface area contributed by atoms with Gasteiger partial charge in [-0.25, -0.2) is 0 Å². The molecule has 1 aromatic carbocycles. The first-order valence-corrected chi connectivity index (χ1v) is 3.68. The summed E-state index contributed by atoms with van der Waals surface area (Å²) in [5.74, 6) is 0. The molecule has 0 radical (unpaired) electrons. The molecule has 11 heavy (non-hydrogen) atoms. The highest BCUT2D eigenvalue weighted by molar-refractivity contribution is 5.27. The van der Waals surface area contributed by atoms with Gasteiger partial charge in [0.25, 0.3) is 0 Å². The summed E-state index contributed by atoms with van der Waals surface area (Å²) in [6.07, 6.45) is 0. The zero-order valence-electron chi connectivity index (χ0n) is 7.68. The average molecular weight is 152 g/mol. The summed E-state index contributed by atoms with van der Waals surface area (Å²) in [5, 5.41) is 7.00. The number of benzene rings is 1. The predicted octanol–water partition coefficient (Wildman–Crippen LogP) is 2.22. The third-order valence-corrected chi connectivity index (χ3v) is 1.37. The Morgan fingerprint density at radius 2 is 0.909 bits per heavy atom. The van der Waals surface area contributed by atoms with Crippen molar-refractivity contribution in [1.82, 2.24) is 0 Å². The summed E-state index contributed by atoms with van der Waals surface area (Å²) in [6.45, 7) is 6.38. The molecule has 1 aromatic rings. The molecule has 0 aliphatic carbocycles. The second-order valence-electron chi connectivity index (χ2n) is 2.67. The van der Waals surface area contributed by atoms with E-state index in [0.29, 0.717) is 0 Å². The molecule has 1 N–H and O–H groups in total. The van der Waals surface area contributed by atoms with Gasteiger partial charge in [0.15, 0.2) is 0 Å². The van der Waals surface area contributed by atoms with E-state index in [-0.39, 0.29) is 0 Å². The fraction of sp³-hybridized carbons (Fsp3) is 0.400. The van der Waals surface area contributed by atoms with E-state index in [1.165, 1.54) is 16.7 Å². The molecule has 0 aliphatic rings. The van der Waals surface area contributed by atoms with E-state index in [1.54, 1.807) is 0 Å². The van der Waals surface area contributed by atoms with Crippen LogP contribution in [0.2, 0.25) is 0 Å². The maximum atomic E-state index is 7.00. The summed E-state index contributed by atoms with van der Waals surface area (Å²) >= 11 is 0. The van der Waals surface area contributed by atoms with E-state index in [0.717, 1.165) is 7.11 Å². The Morgan fingerprint density at radius 1 is 0.727 bits per heavy atom. The van der Waals surface area contributed by atoms with E-state index in [4.69, 9.17) is 5.11 Å². The Bertz CT molecular complexity index is 166. The van der Waals surface area contributed by atoms with Crippen LogP contribution in [-0.2, 0) is 0 Å². The topological polar surface area (TPSA) is 20.2 Å². The first-order chi connectivity index (χ1) is 5.18. The third-order valence-electron chi connectivity index (χ3n) is 1.37. The summed E-state index contributed by atoms with van der Waals surface area (Å²) in [6, 6.07) is 6.56. The molecule has 62 valence electrons. The van der Waals surface area contributed by atoms with Crippen molar-refractivity contribution in [1.29, 1.82) is 0 Å². The molecule has 1 nitrogen and oxygen atoms in total. The molecule has 1 rings (SSSR count). The quantitative estimate of drug-likeness (QED) is 0.604. The van der Waals surface area contributed by atoms with E-state index < -0.39 is 0 Å². The number of aliphatic hydroxyl groups is 1. The van der Waals surface area contributed by atoms with Gasteiger partial charge in [0.2, 0.25) is 0 Å². The van der Waals surface area contributed by atoms with Crippen LogP contribution in [0.4, 0.5) is 0 Å². The first-order valence-electron chi connectivity index (χ1n) is 3.68. The molecule has 0 saturated carbocycles. The maximum Gasteiger partial charge on any atom is 0.0319 e. The Labute approximate surface area is 68.7 Å². The monoisotopic (exact) mass is 152 g/mol. The fourth-order valence-corrected chi connectivity index (χ4v) is 1.20. The molecule has 1 heteroatoms. The largest absolute Gasteiger partial charge is 0.400 e. The number of rotatable bonds is 0. The molecule has 0 saturated heterocycles. The van der Waals surface area contributed by atoms with Crippen LogP contribution >= 0.6 is 0 Å². The van der Waals surface area contributed by atoms with Crippen LogP contribution in [0, 0.1) is 20.8 Å². The lowest BCUT2D eigenvalue weighted by Gasteiger charge is -1.96. The molecule has 0 amide bonds. The Balaban J connectivity index is 0.000000461. The minimum atomic E-state index is 1.00. The van der Waals surface area contributed by atoms with Crippen LogP contribution in [0.3, 0.4) is 0 Å². The van der Waals surface area contributed by atoms with Gasteiger partial charge >= 0.3 is 0 Å². The lowest BCUT2D eigenvalue weighted by molar-refractivity contribution is 0.399. The summed E-state index contributed by atoms with van der Waals surface area (Å²) < 4.78 is 0. The lowest BCUT2D eigenvalue weighted by atomic mass is 10.1. The predicted molar refractivity (Wildman–Crippen MR) is 48.8 cm³/mol. The van der Waals surface area contributed by atoms with E-state index in [9.17, 15) is 0 Å². The average Bonchev–Trinajstić information content (AvgIpc) is 1.88. The fourth-order valence-electron chi connectivity index (χ4n) is 1.20. The third kappa shape index (κ3) is 3.79. The van der Waals surface area contributed by atoms with Gasteiger partial charge in [-0.15, -0.1) is 0 Å². The van der Waals surface area contributed by atoms with Crippen LogP contribution in [0.5, 0.6) is 0 Å². The normalized spacial score (nSPS) is 8.45. The van der Waals surface area contributed by atoms with Gasteiger partial charge in [0.05, 0.1) is 0 Å². The molecule has 0 unspecified atom stereocenters. The highest BCUT2D eigenvalue weighted by Crippen LogP contribution is 2.06. The van der Waals surface area contributed by atoms with Gasteiger partial charge < -0.3 is 5.11 Å². The Morgan fingerprint density at radius 3 is 1.09 bits per heavy atom. The van der Waals surface area contributed by atoms with Crippen LogP contribution in [0.1, 0.15) is 16.7 Å². The molecular formula is C10H16O. The van der Waals surface area contributed by atoms with E-state index in [1.807, 2.05) is 0 Å². The van der Waals surface area contributed by atoms with Crippen molar-refractivity contribution >= 4 is 0 Å². The lowest BCUT2D eigenvalue weighted by Crippen LogP contribution is -1.78. The van der Waals surface area contributed by atoms with Crippen LogP contribution in [0.25, 0.3) is 0 Å². The van der Waals surface area contributed by atoms with Crippen molar-refractivity contribution in [3.05, 3.63) is 34.9 Å². The zero-order valence-corrected chi connectivity index (χ0v) is 7.68. The highest BCUT2D eigenvalue weighted by atomic mass is 16.2. The number of aliphatic hydroxyl groups excluding tert-OH is 1. The van der Waals surface area contributed by atoms with Crippen molar-refractivity contribution in [3.8, 4) is 0 Å². The summed E-state index contributed by atoms with van der Waals surface area (Å²) in [4.78, 5) is 0. The minimum Gasteiger partial charge on any atom is -0.400 e. The van der Waals surface area contributed by atoms with E-state index in [2.05, 4.69) is 39.0 Å². The first kappa shape index (κ1) is 10.2. The summed E-state index contributed by atoms with van der Waals surface area (Å²) in [7, 11) is 1.00. The SMILES string of the molecule is CO.Cc1cc(C)cc(C)c1. The van der Waals surface area contributed by atoms with Crippen LogP contribution in [0.15, 0.2) is 18.2 Å². The molecule has 0 aromatic heterocycles. The summed E-state index contributed by atoms with van der Waals surface area (Å²) in [5.41, 5.74) is 4.06. The van der Waals surface area contributed by atoms with Gasteiger partial charge in [-0.3, -0.25) is 0 Å². The molecule has 0 atom stereocenters. The number of hydrogen-bond acceptors (Lipinski definition) is 1. The minimum absolute atomic E-state index is 1.00. The van der Waals surface area contributed by atoms with Crippen LogP contribution in [-0.4, -0.2) is 12.2 Å². The van der Waals surface area contributed by atoms with Gasteiger partial charge in [0, 0.05) is 7.11 Å². The second-order valence-corrected chi connectivity index (χ2v) is 2.67. The van der Waals surface area contributed by atoms with Crippen molar-refractivity contribution in [3.63, 3.8) is 0 Å². The van der Waals surface area contributed by atoms with Crippen molar-refractivity contribution in [2.45, 2.75) is 20.8 Å². The van der Waals surface area contributed by atoms with Crippen LogP contribution < -0.4 is 0 Å². The standard InChI is InChI=1S/C9H12.CH4O/c1-7-4-8(2)6-9(3)5-7;1-2/h4-6H,1-3H3;2H,1H3. The molecule has 0 aliphatic heterocycles. The zero-order chi connectivity index (χ0) is 8.85. The molecule has 0 spiro atoms. The van der Waals surface area contributed by atoms with Gasteiger partial charge in [-0.2, -0.15) is 0 Å². The smallest absolute Gasteiger partial charge is 0.0319 e. The van der Waals surface area contributed by atoms with Crippen molar-refractivity contribution < 1.29 is 5.11 Å². The molecule has 0 heterocycles. The number of hydrogen-bond donors (Lipinski definition) is 1. The van der Waals surface area contributed by atoms with Gasteiger partial charge in [0.1, 0.15) is 0 Å². The highest BCUT2D eigenvalue weighted by Gasteiger charge is 1.87.